The predicted octanol–water partition coefficient (Wildman–Crippen LogP) is 1.64. The quantitative estimate of drug-likeness (QED) is 0.739. The molecule has 2 nitrogen and oxygen atoms in total. The standard InChI is InChI=1S/C10H15NO/c1-8-3-4-10(7-9(8)2)12-6-5-11/h3-4,7H,5-6,11H2,1-2H3. The summed E-state index contributed by atoms with van der Waals surface area (Å²) >= 11 is 0. The van der Waals surface area contributed by atoms with E-state index in [1.54, 1.807) is 0 Å². The van der Waals surface area contributed by atoms with Crippen molar-refractivity contribution in [3.05, 3.63) is 29.3 Å². The van der Waals surface area contributed by atoms with Crippen molar-refractivity contribution in [2.45, 2.75) is 13.8 Å². The number of hydrogen-bond donors (Lipinski definition) is 1. The van der Waals surface area contributed by atoms with Gasteiger partial charge in [0, 0.05) is 6.54 Å². The fraction of sp³-hybridized carbons (Fsp3) is 0.400. The highest BCUT2D eigenvalue weighted by Crippen LogP contribution is 2.15. The molecule has 0 saturated heterocycles. The van der Waals surface area contributed by atoms with E-state index >= 15 is 0 Å². The van der Waals surface area contributed by atoms with E-state index < -0.39 is 0 Å². The van der Waals surface area contributed by atoms with E-state index in [0.29, 0.717) is 13.2 Å². The molecule has 0 spiro atoms. The maximum absolute atomic E-state index is 5.37. The van der Waals surface area contributed by atoms with E-state index in [0.717, 1.165) is 5.75 Å². The molecule has 0 saturated carbocycles. The van der Waals surface area contributed by atoms with Crippen LogP contribution in [0.3, 0.4) is 0 Å². The van der Waals surface area contributed by atoms with Crippen molar-refractivity contribution in [3.8, 4) is 5.75 Å². The van der Waals surface area contributed by atoms with Crippen LogP contribution < -0.4 is 10.5 Å². The second-order valence-corrected chi connectivity index (χ2v) is 2.88. The minimum Gasteiger partial charge on any atom is -0.492 e. The highest BCUT2D eigenvalue weighted by molar-refractivity contribution is 5.33. The molecule has 2 N–H and O–H groups in total. The van der Waals surface area contributed by atoms with Crippen molar-refractivity contribution >= 4 is 0 Å². The van der Waals surface area contributed by atoms with Gasteiger partial charge in [0.25, 0.3) is 0 Å². The summed E-state index contributed by atoms with van der Waals surface area (Å²) < 4.78 is 5.37. The number of nitrogens with two attached hydrogens (primary N) is 1. The van der Waals surface area contributed by atoms with Crippen LogP contribution in [0, 0.1) is 13.8 Å². The largest absolute Gasteiger partial charge is 0.492 e. The van der Waals surface area contributed by atoms with Crippen molar-refractivity contribution in [1.29, 1.82) is 0 Å². The molecule has 2 heteroatoms. The fourth-order valence-corrected chi connectivity index (χ4v) is 0.980. The van der Waals surface area contributed by atoms with E-state index in [-0.39, 0.29) is 0 Å². The summed E-state index contributed by atoms with van der Waals surface area (Å²) in [5.41, 5.74) is 7.86. The zero-order valence-electron chi connectivity index (χ0n) is 7.63. The van der Waals surface area contributed by atoms with Gasteiger partial charge in [-0.05, 0) is 37.1 Å². The molecular weight excluding hydrogens is 150 g/mol. The fourth-order valence-electron chi connectivity index (χ4n) is 0.980. The SMILES string of the molecule is Cc1ccc(OCCN)cc1C. The average molecular weight is 165 g/mol. The van der Waals surface area contributed by atoms with Gasteiger partial charge in [-0.3, -0.25) is 0 Å². The van der Waals surface area contributed by atoms with Crippen LogP contribution in [0.2, 0.25) is 0 Å². The Morgan fingerprint density at radius 3 is 2.58 bits per heavy atom. The zero-order valence-corrected chi connectivity index (χ0v) is 7.63. The number of ether oxygens (including phenoxy) is 1. The van der Waals surface area contributed by atoms with Crippen LogP contribution in [0.25, 0.3) is 0 Å². The van der Waals surface area contributed by atoms with Crippen molar-refractivity contribution in [2.75, 3.05) is 13.2 Å². The van der Waals surface area contributed by atoms with Crippen LogP contribution in [0.4, 0.5) is 0 Å². The molecule has 0 fully saturated rings. The molecule has 0 aliphatic rings. The van der Waals surface area contributed by atoms with E-state index in [2.05, 4.69) is 19.9 Å². The molecule has 0 atom stereocenters. The lowest BCUT2D eigenvalue weighted by Crippen LogP contribution is -2.10. The smallest absolute Gasteiger partial charge is 0.119 e. The Hall–Kier alpha value is -1.02. The van der Waals surface area contributed by atoms with Gasteiger partial charge < -0.3 is 10.5 Å². The highest BCUT2D eigenvalue weighted by atomic mass is 16.5. The first-order valence-electron chi connectivity index (χ1n) is 4.14. The summed E-state index contributed by atoms with van der Waals surface area (Å²) in [6.07, 6.45) is 0. The summed E-state index contributed by atoms with van der Waals surface area (Å²) in [4.78, 5) is 0. The Morgan fingerprint density at radius 2 is 2.00 bits per heavy atom. The molecule has 0 radical (unpaired) electrons. The van der Waals surface area contributed by atoms with Crippen LogP contribution in [0.5, 0.6) is 5.75 Å². The van der Waals surface area contributed by atoms with Gasteiger partial charge in [0.05, 0.1) is 0 Å². The maximum Gasteiger partial charge on any atom is 0.119 e. The average Bonchev–Trinajstić information content (AvgIpc) is 2.07. The van der Waals surface area contributed by atoms with Gasteiger partial charge in [-0.1, -0.05) is 6.07 Å². The molecule has 0 aliphatic heterocycles. The van der Waals surface area contributed by atoms with Gasteiger partial charge >= 0.3 is 0 Å². The minimum atomic E-state index is 0.562. The third-order valence-corrected chi connectivity index (χ3v) is 1.86. The molecule has 66 valence electrons. The topological polar surface area (TPSA) is 35.2 Å². The molecule has 1 rings (SSSR count). The summed E-state index contributed by atoms with van der Waals surface area (Å²) in [6.45, 7) is 5.31. The lowest BCUT2D eigenvalue weighted by Gasteiger charge is -2.06. The normalized spacial score (nSPS) is 9.92. The first kappa shape index (κ1) is 9.07. The number of rotatable bonds is 3. The molecule has 0 aromatic heterocycles. The van der Waals surface area contributed by atoms with Gasteiger partial charge in [0.2, 0.25) is 0 Å². The van der Waals surface area contributed by atoms with Gasteiger partial charge in [-0.25, -0.2) is 0 Å². The van der Waals surface area contributed by atoms with Gasteiger partial charge in [0.1, 0.15) is 12.4 Å². The monoisotopic (exact) mass is 165 g/mol. The van der Waals surface area contributed by atoms with Gasteiger partial charge in [-0.15, -0.1) is 0 Å². The predicted molar refractivity (Wildman–Crippen MR) is 50.5 cm³/mol. The molecule has 0 aliphatic carbocycles. The second-order valence-electron chi connectivity index (χ2n) is 2.88. The molecule has 0 unspecified atom stereocenters. The Morgan fingerprint density at radius 1 is 1.25 bits per heavy atom. The van der Waals surface area contributed by atoms with Crippen LogP contribution in [0.1, 0.15) is 11.1 Å². The van der Waals surface area contributed by atoms with E-state index in [4.69, 9.17) is 10.5 Å². The number of aryl methyl sites for hydroxylation is 2. The van der Waals surface area contributed by atoms with Gasteiger partial charge in [-0.2, -0.15) is 0 Å². The molecule has 0 bridgehead atoms. The summed E-state index contributed by atoms with van der Waals surface area (Å²) in [7, 11) is 0. The van der Waals surface area contributed by atoms with Crippen LogP contribution in [-0.2, 0) is 0 Å². The van der Waals surface area contributed by atoms with Crippen molar-refractivity contribution in [3.63, 3.8) is 0 Å². The minimum absolute atomic E-state index is 0.562. The first-order chi connectivity index (χ1) is 5.74. The summed E-state index contributed by atoms with van der Waals surface area (Å²) in [6, 6.07) is 6.06. The molecule has 0 heterocycles. The lowest BCUT2D eigenvalue weighted by molar-refractivity contribution is 0.328. The molecule has 12 heavy (non-hydrogen) atoms. The second kappa shape index (κ2) is 4.12. The van der Waals surface area contributed by atoms with Crippen LogP contribution >= 0.6 is 0 Å². The third kappa shape index (κ3) is 2.24. The third-order valence-electron chi connectivity index (χ3n) is 1.86. The Balaban J connectivity index is 2.69. The van der Waals surface area contributed by atoms with E-state index in [1.807, 2.05) is 12.1 Å². The number of benzene rings is 1. The highest BCUT2D eigenvalue weighted by Gasteiger charge is 1.95. The maximum atomic E-state index is 5.37. The number of hydrogen-bond acceptors (Lipinski definition) is 2. The van der Waals surface area contributed by atoms with Crippen molar-refractivity contribution in [1.82, 2.24) is 0 Å². The van der Waals surface area contributed by atoms with E-state index in [9.17, 15) is 0 Å². The Bertz CT molecular complexity index is 258. The summed E-state index contributed by atoms with van der Waals surface area (Å²) in [5.74, 6) is 0.906. The molecule has 1 aromatic rings. The van der Waals surface area contributed by atoms with E-state index in [1.165, 1.54) is 11.1 Å². The lowest BCUT2D eigenvalue weighted by atomic mass is 10.1. The summed E-state index contributed by atoms with van der Waals surface area (Å²) in [5, 5.41) is 0. The van der Waals surface area contributed by atoms with Crippen molar-refractivity contribution in [2.24, 2.45) is 5.73 Å². The molecular formula is C10H15NO. The first-order valence-corrected chi connectivity index (χ1v) is 4.14. The zero-order chi connectivity index (χ0) is 8.97. The van der Waals surface area contributed by atoms with Crippen LogP contribution in [0.15, 0.2) is 18.2 Å². The Kier molecular flexibility index (Phi) is 3.11. The van der Waals surface area contributed by atoms with Crippen molar-refractivity contribution < 1.29 is 4.74 Å². The van der Waals surface area contributed by atoms with Crippen LogP contribution in [-0.4, -0.2) is 13.2 Å². The molecule has 1 aromatic carbocycles. The molecule has 0 amide bonds. The Labute approximate surface area is 73.3 Å². The van der Waals surface area contributed by atoms with Gasteiger partial charge in [0.15, 0.2) is 0 Å².